The minimum atomic E-state index is -0.372. The number of carbonyl (C=O) groups excluding carboxylic acids is 2. The summed E-state index contributed by atoms with van der Waals surface area (Å²) in [6.07, 6.45) is 3.89. The summed E-state index contributed by atoms with van der Waals surface area (Å²) < 4.78 is 4.81. The van der Waals surface area contributed by atoms with E-state index in [2.05, 4.69) is 15.5 Å². The number of amides is 1. The number of hydrogen-bond acceptors (Lipinski definition) is 4. The quantitative estimate of drug-likeness (QED) is 0.850. The zero-order valence-electron chi connectivity index (χ0n) is 13.5. The Hall–Kier alpha value is -2.63. The summed E-state index contributed by atoms with van der Waals surface area (Å²) in [6, 6.07) is 7.33. The van der Waals surface area contributed by atoms with Crippen LogP contribution in [0, 0.1) is 0 Å². The molecular weight excluding hydrogens is 306 g/mol. The molecule has 1 aliphatic heterocycles. The molecule has 2 heterocycles. The molecule has 1 aromatic carbocycles. The molecule has 2 N–H and O–H groups in total. The number of aromatic amines is 1. The molecule has 0 bridgehead atoms. The van der Waals surface area contributed by atoms with Gasteiger partial charge >= 0.3 is 5.97 Å². The second kappa shape index (κ2) is 5.78. The van der Waals surface area contributed by atoms with Gasteiger partial charge in [0.15, 0.2) is 5.82 Å². The van der Waals surface area contributed by atoms with Gasteiger partial charge in [0.05, 0.1) is 12.7 Å². The number of esters is 1. The van der Waals surface area contributed by atoms with Crippen molar-refractivity contribution in [2.24, 2.45) is 0 Å². The highest BCUT2D eigenvalue weighted by molar-refractivity contribution is 5.95. The number of nitrogens with zero attached hydrogens (tertiary/aromatic N) is 1. The van der Waals surface area contributed by atoms with Gasteiger partial charge in [-0.2, -0.15) is 5.10 Å². The summed E-state index contributed by atoms with van der Waals surface area (Å²) in [5.74, 6) is 0.600. The molecule has 1 fully saturated rings. The van der Waals surface area contributed by atoms with E-state index in [1.165, 1.54) is 13.5 Å². The lowest BCUT2D eigenvalue weighted by Crippen LogP contribution is -2.25. The predicted octanol–water partition coefficient (Wildman–Crippen LogP) is 2.94. The van der Waals surface area contributed by atoms with Crippen molar-refractivity contribution in [3.63, 3.8) is 0 Å². The van der Waals surface area contributed by atoms with E-state index >= 15 is 0 Å². The van der Waals surface area contributed by atoms with Gasteiger partial charge in [-0.25, -0.2) is 4.79 Å². The molecule has 2 aromatic rings. The number of methoxy groups -OCH3 is 1. The molecule has 1 aromatic heterocycles. The van der Waals surface area contributed by atoms with Crippen LogP contribution in [-0.4, -0.2) is 29.2 Å². The largest absolute Gasteiger partial charge is 0.465 e. The lowest BCUT2D eigenvalue weighted by Gasteiger charge is -2.29. The standard InChI is InChI=1S/C18H19N3O3/c1-24-18(23)12-7-3-6-11(8-12)13-9-14(22)19-17-15(13)16(20-21-17)10-4-2-5-10/h3,6-8,10,13H,2,4-5,9H2,1H3,(H2,19,20,21,22). The van der Waals surface area contributed by atoms with E-state index < -0.39 is 0 Å². The number of hydrogen-bond donors (Lipinski definition) is 2. The van der Waals surface area contributed by atoms with Crippen LogP contribution in [0.15, 0.2) is 24.3 Å². The zero-order chi connectivity index (χ0) is 16.7. The van der Waals surface area contributed by atoms with Gasteiger partial charge in [-0.3, -0.25) is 9.89 Å². The number of nitrogens with one attached hydrogen (secondary N) is 2. The van der Waals surface area contributed by atoms with Gasteiger partial charge in [-0.1, -0.05) is 18.6 Å². The summed E-state index contributed by atoms with van der Waals surface area (Å²) >= 11 is 0. The highest BCUT2D eigenvalue weighted by atomic mass is 16.5. The van der Waals surface area contributed by atoms with E-state index in [9.17, 15) is 9.59 Å². The van der Waals surface area contributed by atoms with Crippen LogP contribution in [0.25, 0.3) is 0 Å². The smallest absolute Gasteiger partial charge is 0.337 e. The number of anilines is 1. The number of benzene rings is 1. The van der Waals surface area contributed by atoms with Crippen molar-refractivity contribution in [3.8, 4) is 0 Å². The molecule has 1 atom stereocenters. The molecule has 0 spiro atoms. The van der Waals surface area contributed by atoms with Crippen LogP contribution in [0.3, 0.4) is 0 Å². The normalized spacial score (nSPS) is 20.0. The number of ether oxygens (including phenoxy) is 1. The van der Waals surface area contributed by atoms with Crippen LogP contribution in [0.2, 0.25) is 0 Å². The first-order valence-electron chi connectivity index (χ1n) is 8.23. The van der Waals surface area contributed by atoms with Gasteiger partial charge in [-0.15, -0.1) is 0 Å². The first-order valence-corrected chi connectivity index (χ1v) is 8.23. The van der Waals surface area contributed by atoms with Crippen LogP contribution < -0.4 is 5.32 Å². The Labute approximate surface area is 139 Å². The van der Waals surface area contributed by atoms with Gasteiger partial charge in [0.1, 0.15) is 0 Å². The molecule has 0 radical (unpaired) electrons. The third kappa shape index (κ3) is 2.38. The van der Waals surface area contributed by atoms with Crippen LogP contribution in [0.5, 0.6) is 0 Å². The third-order valence-electron chi connectivity index (χ3n) is 5.05. The predicted molar refractivity (Wildman–Crippen MR) is 88.1 cm³/mol. The second-order valence-electron chi connectivity index (χ2n) is 6.45. The molecule has 1 aliphatic carbocycles. The SMILES string of the molecule is COC(=O)c1cccc(C2CC(=O)Nc3n[nH]c(C4CCC4)c32)c1. The minimum absolute atomic E-state index is 0.0531. The Kier molecular flexibility index (Phi) is 3.59. The molecular formula is C18H19N3O3. The molecule has 24 heavy (non-hydrogen) atoms. The Morgan fingerprint density at radius 2 is 2.17 bits per heavy atom. The second-order valence-corrected chi connectivity index (χ2v) is 6.45. The molecule has 6 heteroatoms. The van der Waals surface area contributed by atoms with E-state index in [-0.39, 0.29) is 17.8 Å². The summed E-state index contributed by atoms with van der Waals surface area (Å²) in [4.78, 5) is 23.9. The Morgan fingerprint density at radius 1 is 1.33 bits per heavy atom. The Balaban J connectivity index is 1.78. The maximum atomic E-state index is 12.1. The van der Waals surface area contributed by atoms with Gasteiger partial charge in [-0.05, 0) is 30.5 Å². The monoisotopic (exact) mass is 325 g/mol. The van der Waals surface area contributed by atoms with Gasteiger partial charge in [0, 0.05) is 29.5 Å². The van der Waals surface area contributed by atoms with Crippen molar-refractivity contribution in [3.05, 3.63) is 46.6 Å². The average molecular weight is 325 g/mol. The summed E-state index contributed by atoms with van der Waals surface area (Å²) in [6.45, 7) is 0. The number of fused-ring (bicyclic) bond motifs is 1. The van der Waals surface area contributed by atoms with Crippen molar-refractivity contribution >= 4 is 17.7 Å². The molecule has 6 nitrogen and oxygen atoms in total. The van der Waals surface area contributed by atoms with Crippen molar-refractivity contribution in [1.29, 1.82) is 0 Å². The fourth-order valence-electron chi connectivity index (χ4n) is 3.58. The molecule has 1 saturated carbocycles. The van der Waals surface area contributed by atoms with Gasteiger partial charge in [0.2, 0.25) is 5.91 Å². The van der Waals surface area contributed by atoms with Gasteiger partial charge in [0.25, 0.3) is 0 Å². The topological polar surface area (TPSA) is 84.1 Å². The fourth-order valence-corrected chi connectivity index (χ4v) is 3.58. The number of rotatable bonds is 3. The molecule has 4 rings (SSSR count). The highest BCUT2D eigenvalue weighted by Crippen LogP contribution is 2.45. The Morgan fingerprint density at radius 3 is 2.88 bits per heavy atom. The first kappa shape index (κ1) is 14.9. The summed E-state index contributed by atoms with van der Waals surface area (Å²) in [5, 5.41) is 10.3. The van der Waals surface area contributed by atoms with E-state index in [1.54, 1.807) is 6.07 Å². The van der Waals surface area contributed by atoms with Crippen LogP contribution in [0.1, 0.15) is 64.7 Å². The lowest BCUT2D eigenvalue weighted by atomic mass is 9.76. The van der Waals surface area contributed by atoms with E-state index in [4.69, 9.17) is 4.74 Å². The third-order valence-corrected chi connectivity index (χ3v) is 5.05. The zero-order valence-corrected chi connectivity index (χ0v) is 13.5. The van der Waals surface area contributed by atoms with E-state index in [1.807, 2.05) is 18.2 Å². The molecule has 2 aliphatic rings. The first-order chi connectivity index (χ1) is 11.7. The maximum Gasteiger partial charge on any atom is 0.337 e. The lowest BCUT2D eigenvalue weighted by molar-refractivity contribution is -0.116. The van der Waals surface area contributed by atoms with E-state index in [0.717, 1.165) is 29.7 Å². The summed E-state index contributed by atoms with van der Waals surface area (Å²) in [7, 11) is 1.37. The maximum absolute atomic E-state index is 12.1. The number of aromatic nitrogens is 2. The number of H-pyrrole nitrogens is 1. The molecule has 1 unspecified atom stereocenters. The summed E-state index contributed by atoms with van der Waals surface area (Å²) in [5.41, 5.74) is 3.64. The Bertz CT molecular complexity index is 808. The van der Waals surface area contributed by atoms with Crippen LogP contribution in [-0.2, 0) is 9.53 Å². The van der Waals surface area contributed by atoms with Crippen molar-refractivity contribution in [2.45, 2.75) is 37.5 Å². The number of carbonyl (C=O) groups is 2. The van der Waals surface area contributed by atoms with Crippen molar-refractivity contribution in [1.82, 2.24) is 10.2 Å². The van der Waals surface area contributed by atoms with Crippen LogP contribution >= 0.6 is 0 Å². The average Bonchev–Trinajstić information content (AvgIpc) is 2.95. The minimum Gasteiger partial charge on any atom is -0.465 e. The molecule has 0 saturated heterocycles. The van der Waals surface area contributed by atoms with E-state index in [0.29, 0.717) is 23.7 Å². The van der Waals surface area contributed by atoms with Crippen LogP contribution in [0.4, 0.5) is 5.82 Å². The fraction of sp³-hybridized carbons (Fsp3) is 0.389. The van der Waals surface area contributed by atoms with Gasteiger partial charge < -0.3 is 10.1 Å². The highest BCUT2D eigenvalue weighted by Gasteiger charge is 2.35. The van der Waals surface area contributed by atoms with Crippen molar-refractivity contribution in [2.75, 3.05) is 12.4 Å². The molecule has 124 valence electrons. The molecule has 1 amide bonds. The van der Waals surface area contributed by atoms with Crippen molar-refractivity contribution < 1.29 is 14.3 Å².